The highest BCUT2D eigenvalue weighted by molar-refractivity contribution is 4.69. The molecular weight excluding hydrogens is 192 g/mol. The van der Waals surface area contributed by atoms with E-state index in [1.165, 1.54) is 44.9 Å². The van der Waals surface area contributed by atoms with Gasteiger partial charge in [-0.3, -0.25) is 0 Å². The van der Waals surface area contributed by atoms with Gasteiger partial charge in [0, 0.05) is 0 Å². The second-order valence-corrected chi connectivity index (χ2v) is 6.67. The third kappa shape index (κ3) is 8.19. The SMILES string of the molecule is CCCC(CCC(C)(C)C)CC(CC)CC. The molecule has 98 valence electrons. The summed E-state index contributed by atoms with van der Waals surface area (Å²) in [6.45, 7) is 14.1. The summed E-state index contributed by atoms with van der Waals surface area (Å²) in [4.78, 5) is 0. The zero-order valence-corrected chi connectivity index (χ0v) is 12.6. The summed E-state index contributed by atoms with van der Waals surface area (Å²) in [6.07, 6.45) is 9.82. The molecule has 0 aliphatic rings. The van der Waals surface area contributed by atoms with Gasteiger partial charge < -0.3 is 0 Å². The van der Waals surface area contributed by atoms with Gasteiger partial charge >= 0.3 is 0 Å². The minimum absolute atomic E-state index is 0.514. The van der Waals surface area contributed by atoms with Crippen molar-refractivity contribution in [2.45, 2.75) is 86.5 Å². The third-order valence-electron chi connectivity index (χ3n) is 3.82. The maximum Gasteiger partial charge on any atom is -0.0383 e. The van der Waals surface area contributed by atoms with E-state index in [9.17, 15) is 0 Å². The smallest absolute Gasteiger partial charge is 0.0383 e. The Hall–Kier alpha value is 0. The molecule has 0 bridgehead atoms. The first-order chi connectivity index (χ1) is 7.42. The van der Waals surface area contributed by atoms with Crippen LogP contribution in [0, 0.1) is 17.3 Å². The summed E-state index contributed by atoms with van der Waals surface area (Å²) in [7, 11) is 0. The van der Waals surface area contributed by atoms with E-state index in [0.29, 0.717) is 5.41 Å². The number of rotatable bonds is 8. The fraction of sp³-hybridized carbons (Fsp3) is 1.00. The summed E-state index contributed by atoms with van der Waals surface area (Å²) in [5, 5.41) is 0. The van der Waals surface area contributed by atoms with Crippen LogP contribution in [-0.4, -0.2) is 0 Å². The summed E-state index contributed by atoms with van der Waals surface area (Å²) in [6, 6.07) is 0. The largest absolute Gasteiger partial charge is 0.0654 e. The van der Waals surface area contributed by atoms with E-state index in [1.807, 2.05) is 0 Å². The Morgan fingerprint density at radius 3 is 1.75 bits per heavy atom. The minimum Gasteiger partial charge on any atom is -0.0654 e. The molecule has 0 saturated heterocycles. The van der Waals surface area contributed by atoms with Crippen molar-refractivity contribution in [3.8, 4) is 0 Å². The lowest BCUT2D eigenvalue weighted by Crippen LogP contribution is -2.12. The van der Waals surface area contributed by atoms with Crippen LogP contribution in [0.5, 0.6) is 0 Å². The van der Waals surface area contributed by atoms with Crippen LogP contribution in [0.25, 0.3) is 0 Å². The molecule has 0 radical (unpaired) electrons. The second-order valence-electron chi connectivity index (χ2n) is 6.67. The fourth-order valence-corrected chi connectivity index (χ4v) is 2.52. The van der Waals surface area contributed by atoms with Gasteiger partial charge in [0.05, 0.1) is 0 Å². The van der Waals surface area contributed by atoms with Crippen LogP contribution >= 0.6 is 0 Å². The van der Waals surface area contributed by atoms with Crippen molar-refractivity contribution in [3.63, 3.8) is 0 Å². The average Bonchev–Trinajstić information content (AvgIpc) is 2.21. The summed E-state index contributed by atoms with van der Waals surface area (Å²) in [5.41, 5.74) is 0.514. The van der Waals surface area contributed by atoms with E-state index in [0.717, 1.165) is 11.8 Å². The Morgan fingerprint density at radius 2 is 1.38 bits per heavy atom. The van der Waals surface area contributed by atoms with Crippen molar-refractivity contribution >= 4 is 0 Å². The van der Waals surface area contributed by atoms with Crippen LogP contribution in [0.1, 0.15) is 86.5 Å². The van der Waals surface area contributed by atoms with Gasteiger partial charge in [0.15, 0.2) is 0 Å². The van der Waals surface area contributed by atoms with Gasteiger partial charge in [-0.2, -0.15) is 0 Å². The Morgan fingerprint density at radius 1 is 0.812 bits per heavy atom. The van der Waals surface area contributed by atoms with Gasteiger partial charge in [-0.25, -0.2) is 0 Å². The highest BCUT2D eigenvalue weighted by atomic mass is 14.2. The monoisotopic (exact) mass is 226 g/mol. The highest BCUT2D eigenvalue weighted by Gasteiger charge is 2.17. The van der Waals surface area contributed by atoms with E-state index >= 15 is 0 Å². The van der Waals surface area contributed by atoms with Gasteiger partial charge in [0.1, 0.15) is 0 Å². The molecule has 0 rings (SSSR count). The quantitative estimate of drug-likeness (QED) is 0.472. The lowest BCUT2D eigenvalue weighted by molar-refractivity contribution is 0.267. The predicted molar refractivity (Wildman–Crippen MR) is 75.8 cm³/mol. The van der Waals surface area contributed by atoms with Crippen molar-refractivity contribution in [2.75, 3.05) is 0 Å². The summed E-state index contributed by atoms with van der Waals surface area (Å²) < 4.78 is 0. The van der Waals surface area contributed by atoms with Crippen molar-refractivity contribution < 1.29 is 0 Å². The van der Waals surface area contributed by atoms with E-state index in [2.05, 4.69) is 41.5 Å². The van der Waals surface area contributed by atoms with Crippen LogP contribution in [0.4, 0.5) is 0 Å². The molecule has 0 aromatic heterocycles. The Balaban J connectivity index is 4.05. The molecule has 0 nitrogen and oxygen atoms in total. The zero-order chi connectivity index (χ0) is 12.6. The molecule has 0 N–H and O–H groups in total. The molecule has 0 aromatic rings. The standard InChI is InChI=1S/C16H34/c1-7-10-15(11-12-16(4,5)6)13-14(8-2)9-3/h14-15H,7-13H2,1-6H3. The lowest BCUT2D eigenvalue weighted by Gasteiger charge is -2.25. The molecule has 0 fully saturated rings. The Labute approximate surface area is 104 Å². The Kier molecular flexibility index (Phi) is 8.14. The third-order valence-corrected chi connectivity index (χ3v) is 3.82. The molecule has 16 heavy (non-hydrogen) atoms. The maximum atomic E-state index is 2.37. The van der Waals surface area contributed by atoms with Crippen LogP contribution < -0.4 is 0 Å². The molecule has 0 aliphatic carbocycles. The van der Waals surface area contributed by atoms with Crippen molar-refractivity contribution in [2.24, 2.45) is 17.3 Å². The van der Waals surface area contributed by atoms with Crippen LogP contribution in [-0.2, 0) is 0 Å². The van der Waals surface area contributed by atoms with Crippen molar-refractivity contribution in [1.82, 2.24) is 0 Å². The minimum atomic E-state index is 0.514. The van der Waals surface area contributed by atoms with Gasteiger partial charge in [0.25, 0.3) is 0 Å². The highest BCUT2D eigenvalue weighted by Crippen LogP contribution is 2.30. The first-order valence-corrected chi connectivity index (χ1v) is 7.42. The first kappa shape index (κ1) is 16.0. The first-order valence-electron chi connectivity index (χ1n) is 7.42. The number of hydrogen-bond donors (Lipinski definition) is 0. The molecule has 0 aliphatic heterocycles. The van der Waals surface area contributed by atoms with E-state index in [-0.39, 0.29) is 0 Å². The molecule has 1 atom stereocenters. The molecule has 0 aromatic carbocycles. The molecule has 0 heterocycles. The molecule has 1 unspecified atom stereocenters. The van der Waals surface area contributed by atoms with E-state index < -0.39 is 0 Å². The van der Waals surface area contributed by atoms with E-state index in [4.69, 9.17) is 0 Å². The van der Waals surface area contributed by atoms with Crippen molar-refractivity contribution in [3.05, 3.63) is 0 Å². The molecule has 0 spiro atoms. The maximum absolute atomic E-state index is 2.37. The van der Waals surface area contributed by atoms with Gasteiger partial charge in [-0.15, -0.1) is 0 Å². The van der Waals surface area contributed by atoms with Crippen LogP contribution in [0.2, 0.25) is 0 Å². The normalized spacial score (nSPS) is 14.4. The lowest BCUT2D eigenvalue weighted by atomic mass is 9.80. The fourth-order valence-electron chi connectivity index (χ4n) is 2.52. The van der Waals surface area contributed by atoms with Crippen LogP contribution in [0.3, 0.4) is 0 Å². The molecule has 0 amide bonds. The number of hydrogen-bond acceptors (Lipinski definition) is 0. The van der Waals surface area contributed by atoms with Gasteiger partial charge in [-0.1, -0.05) is 67.2 Å². The molecule has 0 saturated carbocycles. The topological polar surface area (TPSA) is 0 Å². The zero-order valence-electron chi connectivity index (χ0n) is 12.6. The Bertz CT molecular complexity index is 148. The van der Waals surface area contributed by atoms with Crippen LogP contribution in [0.15, 0.2) is 0 Å². The van der Waals surface area contributed by atoms with Gasteiger partial charge in [-0.05, 0) is 36.5 Å². The summed E-state index contributed by atoms with van der Waals surface area (Å²) in [5.74, 6) is 1.95. The summed E-state index contributed by atoms with van der Waals surface area (Å²) >= 11 is 0. The molecule has 0 heteroatoms. The average molecular weight is 226 g/mol. The molecular formula is C16H34. The van der Waals surface area contributed by atoms with E-state index in [1.54, 1.807) is 0 Å². The van der Waals surface area contributed by atoms with Gasteiger partial charge in [0.2, 0.25) is 0 Å². The second kappa shape index (κ2) is 8.14. The van der Waals surface area contributed by atoms with Crippen molar-refractivity contribution in [1.29, 1.82) is 0 Å². The predicted octanol–water partition coefficient (Wildman–Crippen LogP) is 6.06.